The summed E-state index contributed by atoms with van der Waals surface area (Å²) in [4.78, 5) is 11.0. The molecule has 0 saturated carbocycles. The van der Waals surface area contributed by atoms with E-state index < -0.39 is 30.2 Å². The molecular weight excluding hydrogens is 176 g/mol. The van der Waals surface area contributed by atoms with Crippen molar-refractivity contribution in [3.05, 3.63) is 11.5 Å². The minimum atomic E-state index is -1.07. The van der Waals surface area contributed by atoms with Crippen LogP contribution in [0.4, 0.5) is 0 Å². The molecule has 1 aliphatic carbocycles. The van der Waals surface area contributed by atoms with E-state index in [1.54, 1.807) is 0 Å². The van der Waals surface area contributed by atoms with Gasteiger partial charge in [0.15, 0.2) is 5.76 Å². The molecule has 1 aliphatic rings. The van der Waals surface area contributed by atoms with Crippen LogP contribution in [-0.2, 0) is 9.53 Å². The molecule has 0 aliphatic heterocycles. The Morgan fingerprint density at radius 2 is 2.31 bits per heavy atom. The number of aliphatic hydroxyl groups excluding tert-OH is 3. The number of Topliss-reactive ketones (excluding diaryl/α,β-unsaturated/α-hetero) is 1. The van der Waals surface area contributed by atoms with E-state index in [1.807, 2.05) is 0 Å². The molecule has 0 aromatic rings. The Morgan fingerprint density at radius 3 is 2.77 bits per heavy atom. The first-order valence-corrected chi connectivity index (χ1v) is 3.91. The lowest BCUT2D eigenvalue weighted by molar-refractivity contribution is -0.118. The summed E-state index contributed by atoms with van der Waals surface area (Å²) in [6.07, 6.45) is -1.08. The topological polar surface area (TPSA) is 87.0 Å². The summed E-state index contributed by atoms with van der Waals surface area (Å²) in [5, 5.41) is 27.1. The smallest absolute Gasteiger partial charge is 0.201 e. The Balaban J connectivity index is 2.86. The van der Waals surface area contributed by atoms with Crippen molar-refractivity contribution < 1.29 is 24.9 Å². The van der Waals surface area contributed by atoms with Crippen LogP contribution in [0.3, 0.4) is 0 Å². The van der Waals surface area contributed by atoms with Gasteiger partial charge in [-0.2, -0.15) is 0 Å². The van der Waals surface area contributed by atoms with Crippen LogP contribution in [-0.4, -0.2) is 40.9 Å². The van der Waals surface area contributed by atoms with Gasteiger partial charge in [0.2, 0.25) is 5.78 Å². The number of rotatable bonds is 3. The van der Waals surface area contributed by atoms with Crippen LogP contribution in [0.1, 0.15) is 6.42 Å². The lowest BCUT2D eigenvalue weighted by Crippen LogP contribution is -2.25. The second kappa shape index (κ2) is 3.76. The molecule has 0 radical (unpaired) electrons. The molecule has 0 spiro atoms. The largest absolute Gasteiger partial charge is 0.502 e. The molecule has 0 aromatic heterocycles. The van der Waals surface area contributed by atoms with Crippen LogP contribution in [0, 0.1) is 5.92 Å². The molecule has 74 valence electrons. The van der Waals surface area contributed by atoms with Gasteiger partial charge in [-0.05, 0) is 0 Å². The van der Waals surface area contributed by atoms with Crippen molar-refractivity contribution in [2.45, 2.75) is 12.5 Å². The summed E-state index contributed by atoms with van der Waals surface area (Å²) in [6.45, 7) is -0.460. The molecule has 5 heteroatoms. The summed E-state index contributed by atoms with van der Waals surface area (Å²) >= 11 is 0. The van der Waals surface area contributed by atoms with Crippen LogP contribution in [0.15, 0.2) is 11.5 Å². The quantitative estimate of drug-likeness (QED) is 0.547. The fourth-order valence-corrected chi connectivity index (χ4v) is 1.39. The van der Waals surface area contributed by atoms with Gasteiger partial charge in [-0.1, -0.05) is 0 Å². The third-order valence-electron chi connectivity index (χ3n) is 2.11. The molecule has 2 atom stereocenters. The molecule has 3 N–H and O–H groups in total. The van der Waals surface area contributed by atoms with Crippen molar-refractivity contribution >= 4 is 5.78 Å². The van der Waals surface area contributed by atoms with E-state index in [0.717, 1.165) is 0 Å². The minimum absolute atomic E-state index is 0.0171. The average molecular weight is 188 g/mol. The van der Waals surface area contributed by atoms with Crippen LogP contribution in [0.2, 0.25) is 0 Å². The van der Waals surface area contributed by atoms with Crippen LogP contribution >= 0.6 is 0 Å². The molecule has 13 heavy (non-hydrogen) atoms. The van der Waals surface area contributed by atoms with E-state index in [2.05, 4.69) is 0 Å². The Hall–Kier alpha value is -1.07. The molecule has 0 bridgehead atoms. The van der Waals surface area contributed by atoms with Crippen molar-refractivity contribution in [1.29, 1.82) is 0 Å². The van der Waals surface area contributed by atoms with Gasteiger partial charge in [0.05, 0.1) is 25.7 Å². The maximum atomic E-state index is 11.0. The summed E-state index contributed by atoms with van der Waals surface area (Å²) in [6, 6.07) is 0. The monoisotopic (exact) mass is 188 g/mol. The highest BCUT2D eigenvalue weighted by Crippen LogP contribution is 2.30. The van der Waals surface area contributed by atoms with Gasteiger partial charge in [-0.25, -0.2) is 0 Å². The third-order valence-corrected chi connectivity index (χ3v) is 2.11. The zero-order valence-corrected chi connectivity index (χ0v) is 7.23. The molecular formula is C8H12O5. The summed E-state index contributed by atoms with van der Waals surface area (Å²) in [5.74, 6) is -1.47. The van der Waals surface area contributed by atoms with Gasteiger partial charge >= 0.3 is 0 Å². The van der Waals surface area contributed by atoms with Crippen LogP contribution < -0.4 is 0 Å². The fourth-order valence-electron chi connectivity index (χ4n) is 1.39. The normalized spacial score (nSPS) is 25.2. The van der Waals surface area contributed by atoms with E-state index in [0.29, 0.717) is 0 Å². The Bertz CT molecular complexity index is 245. The molecule has 0 fully saturated rings. The average Bonchev–Trinajstić information content (AvgIpc) is 2.42. The minimum Gasteiger partial charge on any atom is -0.502 e. The number of carbonyl (C=O) groups is 1. The highest BCUT2D eigenvalue weighted by Gasteiger charge is 2.37. The molecule has 0 saturated heterocycles. The van der Waals surface area contributed by atoms with E-state index >= 15 is 0 Å². The van der Waals surface area contributed by atoms with Gasteiger partial charge in [0.1, 0.15) is 5.76 Å². The fraction of sp³-hybridized carbons (Fsp3) is 0.625. The van der Waals surface area contributed by atoms with Gasteiger partial charge in [-0.3, -0.25) is 4.79 Å². The number of methoxy groups -OCH3 is 1. The first-order chi connectivity index (χ1) is 6.11. The van der Waals surface area contributed by atoms with Gasteiger partial charge < -0.3 is 20.1 Å². The maximum absolute atomic E-state index is 11.0. The molecule has 2 unspecified atom stereocenters. The molecule has 0 aromatic carbocycles. The lowest BCUT2D eigenvalue weighted by Gasteiger charge is -2.16. The number of ketones is 1. The zero-order valence-electron chi connectivity index (χ0n) is 7.23. The van der Waals surface area contributed by atoms with E-state index in [4.69, 9.17) is 9.84 Å². The van der Waals surface area contributed by atoms with Crippen LogP contribution in [0.5, 0.6) is 0 Å². The van der Waals surface area contributed by atoms with Crippen molar-refractivity contribution in [2.24, 2.45) is 5.92 Å². The third kappa shape index (κ3) is 1.66. The zero-order chi connectivity index (χ0) is 10.0. The number of ether oxygens (including phenoxy) is 1. The number of allylic oxidation sites excluding steroid dienone is 1. The molecule has 0 amide bonds. The number of hydrogen-bond acceptors (Lipinski definition) is 5. The number of carbonyl (C=O) groups excluding carboxylic acids is 1. The van der Waals surface area contributed by atoms with Crippen molar-refractivity contribution in [1.82, 2.24) is 0 Å². The number of aliphatic hydroxyl groups is 3. The predicted molar refractivity (Wildman–Crippen MR) is 42.9 cm³/mol. The van der Waals surface area contributed by atoms with E-state index in [9.17, 15) is 15.0 Å². The highest BCUT2D eigenvalue weighted by atomic mass is 16.5. The first-order valence-electron chi connectivity index (χ1n) is 3.91. The second-order valence-corrected chi connectivity index (χ2v) is 2.90. The van der Waals surface area contributed by atoms with Crippen molar-refractivity contribution in [3.63, 3.8) is 0 Å². The second-order valence-electron chi connectivity index (χ2n) is 2.90. The van der Waals surface area contributed by atoms with Crippen LogP contribution in [0.25, 0.3) is 0 Å². The predicted octanol–water partition coefficient (Wildman–Crippen LogP) is -0.655. The highest BCUT2D eigenvalue weighted by molar-refractivity contribution is 5.96. The van der Waals surface area contributed by atoms with Gasteiger partial charge in [0, 0.05) is 6.42 Å². The maximum Gasteiger partial charge on any atom is 0.201 e. The van der Waals surface area contributed by atoms with Gasteiger partial charge in [0.25, 0.3) is 0 Å². The summed E-state index contributed by atoms with van der Waals surface area (Å²) in [5.41, 5.74) is 0. The van der Waals surface area contributed by atoms with E-state index in [1.165, 1.54) is 7.11 Å². The molecule has 1 rings (SSSR count). The standard InChI is InChI=1S/C8H12O5/c1-13-8-4(6(11)3-9)2-5(10)7(8)12/h4,6,9,11-12H,2-3H2,1H3. The Kier molecular flexibility index (Phi) is 2.90. The number of hydrogen-bond donors (Lipinski definition) is 3. The van der Waals surface area contributed by atoms with Crippen molar-refractivity contribution in [2.75, 3.05) is 13.7 Å². The summed E-state index contributed by atoms with van der Waals surface area (Å²) < 4.78 is 4.77. The van der Waals surface area contributed by atoms with E-state index in [-0.39, 0.29) is 12.2 Å². The van der Waals surface area contributed by atoms with Gasteiger partial charge in [-0.15, -0.1) is 0 Å². The molecule has 0 heterocycles. The summed E-state index contributed by atoms with van der Waals surface area (Å²) in [7, 11) is 1.31. The first kappa shape index (κ1) is 10.0. The SMILES string of the molecule is COC1=C(O)C(=O)CC1C(O)CO. The van der Waals surface area contributed by atoms with Crippen molar-refractivity contribution in [3.8, 4) is 0 Å². The lowest BCUT2D eigenvalue weighted by atomic mass is 10.0. The Labute approximate surface area is 75.3 Å². The Morgan fingerprint density at radius 1 is 1.69 bits per heavy atom. The molecule has 5 nitrogen and oxygen atoms in total.